The summed E-state index contributed by atoms with van der Waals surface area (Å²) in [5.41, 5.74) is 2.41. The van der Waals surface area contributed by atoms with Crippen molar-refractivity contribution >= 4 is 39.6 Å². The highest BCUT2D eigenvalue weighted by molar-refractivity contribution is 7.17. The quantitative estimate of drug-likeness (QED) is 0.678. The molecule has 3 rings (SSSR count). The summed E-state index contributed by atoms with van der Waals surface area (Å²) in [7, 11) is 0. The zero-order chi connectivity index (χ0) is 15.5. The van der Waals surface area contributed by atoms with Crippen LogP contribution in [0.1, 0.15) is 39.2 Å². The van der Waals surface area contributed by atoms with Gasteiger partial charge in [0, 0.05) is 10.4 Å². The van der Waals surface area contributed by atoms with Crippen LogP contribution in [0.2, 0.25) is 0 Å². The monoisotopic (exact) mass is 333 g/mol. The normalized spacial score (nSPS) is 13.5. The molecule has 0 radical (unpaired) electrons. The van der Waals surface area contributed by atoms with E-state index in [2.05, 4.69) is 5.32 Å². The van der Waals surface area contributed by atoms with Crippen LogP contribution < -0.4 is 5.32 Å². The Balaban J connectivity index is 2.05. The summed E-state index contributed by atoms with van der Waals surface area (Å²) in [5, 5.41) is 3.44. The van der Waals surface area contributed by atoms with Crippen LogP contribution in [-0.4, -0.2) is 17.6 Å². The van der Waals surface area contributed by atoms with Crippen molar-refractivity contribution in [2.75, 3.05) is 11.2 Å². The molecule has 1 amide bonds. The minimum absolute atomic E-state index is 0.0233. The fraction of sp³-hybridized carbons (Fsp3) is 0.294. The van der Waals surface area contributed by atoms with Crippen molar-refractivity contribution in [3.63, 3.8) is 0 Å². The summed E-state index contributed by atoms with van der Waals surface area (Å²) in [6.45, 7) is 0. The third-order valence-electron chi connectivity index (χ3n) is 3.81. The van der Waals surface area contributed by atoms with Crippen molar-refractivity contribution in [3.8, 4) is 0 Å². The van der Waals surface area contributed by atoms with E-state index in [1.807, 2.05) is 30.3 Å². The van der Waals surface area contributed by atoms with Gasteiger partial charge in [0.15, 0.2) is 5.78 Å². The Morgan fingerprint density at radius 1 is 1.14 bits per heavy atom. The van der Waals surface area contributed by atoms with E-state index in [0.717, 1.165) is 31.2 Å². The van der Waals surface area contributed by atoms with Gasteiger partial charge >= 0.3 is 0 Å². The molecule has 0 atom stereocenters. The minimum atomic E-state index is -0.276. The SMILES string of the molecule is O=C(CCl)Nc1sc2c(c1C(=O)c1ccccc1)CCCC2. The summed E-state index contributed by atoms with van der Waals surface area (Å²) < 4.78 is 0. The number of thiophene rings is 1. The third kappa shape index (κ3) is 2.94. The second kappa shape index (κ2) is 6.63. The van der Waals surface area contributed by atoms with Crippen LogP contribution in [0.3, 0.4) is 0 Å². The molecule has 0 saturated carbocycles. The van der Waals surface area contributed by atoms with Gasteiger partial charge in [0.25, 0.3) is 0 Å². The first-order chi connectivity index (χ1) is 10.7. The first-order valence-electron chi connectivity index (χ1n) is 7.31. The molecule has 1 aliphatic rings. The molecule has 1 aromatic heterocycles. The number of rotatable bonds is 4. The maximum atomic E-state index is 12.9. The Bertz CT molecular complexity index is 709. The lowest BCUT2D eigenvalue weighted by Gasteiger charge is -2.12. The Labute approximate surface area is 138 Å². The smallest absolute Gasteiger partial charge is 0.239 e. The summed E-state index contributed by atoms with van der Waals surface area (Å²) in [6.07, 6.45) is 4.10. The highest BCUT2D eigenvalue weighted by Gasteiger charge is 2.26. The van der Waals surface area contributed by atoms with Gasteiger partial charge in [-0.1, -0.05) is 30.3 Å². The third-order valence-corrected chi connectivity index (χ3v) is 5.26. The number of ketones is 1. The van der Waals surface area contributed by atoms with Crippen molar-refractivity contribution < 1.29 is 9.59 Å². The standard InChI is InChI=1S/C17H16ClNO2S/c18-10-14(20)19-17-15(12-8-4-5-9-13(12)22-17)16(21)11-6-2-1-3-7-11/h1-3,6-7H,4-5,8-10H2,(H,19,20). The molecule has 0 unspecified atom stereocenters. The fourth-order valence-electron chi connectivity index (χ4n) is 2.79. The van der Waals surface area contributed by atoms with Gasteiger partial charge in [-0.05, 0) is 31.2 Å². The fourth-order valence-corrected chi connectivity index (χ4v) is 4.16. The number of halogens is 1. The highest BCUT2D eigenvalue weighted by atomic mass is 35.5. The molecule has 0 bridgehead atoms. The molecule has 114 valence electrons. The number of aryl methyl sites for hydroxylation is 1. The first-order valence-corrected chi connectivity index (χ1v) is 8.66. The van der Waals surface area contributed by atoms with Crippen LogP contribution in [-0.2, 0) is 17.6 Å². The van der Waals surface area contributed by atoms with Crippen LogP contribution in [0.15, 0.2) is 30.3 Å². The number of anilines is 1. The van der Waals surface area contributed by atoms with Gasteiger partial charge in [0.1, 0.15) is 10.9 Å². The Hall–Kier alpha value is -1.65. The van der Waals surface area contributed by atoms with Gasteiger partial charge < -0.3 is 5.32 Å². The summed E-state index contributed by atoms with van der Waals surface area (Å²) in [5.74, 6) is -0.408. The number of amides is 1. The van der Waals surface area contributed by atoms with E-state index >= 15 is 0 Å². The van der Waals surface area contributed by atoms with Crippen molar-refractivity contribution in [1.29, 1.82) is 0 Å². The van der Waals surface area contributed by atoms with Crippen molar-refractivity contribution in [1.82, 2.24) is 0 Å². The molecule has 1 aromatic carbocycles. The lowest BCUT2D eigenvalue weighted by Crippen LogP contribution is -2.15. The van der Waals surface area contributed by atoms with Crippen molar-refractivity contribution in [3.05, 3.63) is 51.9 Å². The molecule has 1 aliphatic carbocycles. The Morgan fingerprint density at radius 2 is 1.86 bits per heavy atom. The van der Waals surface area contributed by atoms with Crippen molar-refractivity contribution in [2.24, 2.45) is 0 Å². The second-order valence-corrected chi connectivity index (χ2v) is 6.66. The summed E-state index contributed by atoms with van der Waals surface area (Å²) in [4.78, 5) is 25.8. The van der Waals surface area contributed by atoms with E-state index in [-0.39, 0.29) is 17.6 Å². The number of benzene rings is 1. The molecule has 22 heavy (non-hydrogen) atoms. The van der Waals surface area contributed by atoms with E-state index in [9.17, 15) is 9.59 Å². The molecule has 0 spiro atoms. The number of hydrogen-bond donors (Lipinski definition) is 1. The number of carbonyl (C=O) groups is 2. The molecule has 1 heterocycles. The molecular formula is C17H16ClNO2S. The molecule has 1 N–H and O–H groups in total. The van der Waals surface area contributed by atoms with E-state index in [1.54, 1.807) is 0 Å². The molecule has 3 nitrogen and oxygen atoms in total. The highest BCUT2D eigenvalue weighted by Crippen LogP contribution is 2.39. The Kier molecular flexibility index (Phi) is 4.60. The van der Waals surface area contributed by atoms with Crippen LogP contribution in [0.5, 0.6) is 0 Å². The van der Waals surface area contributed by atoms with E-state index in [0.29, 0.717) is 16.1 Å². The topological polar surface area (TPSA) is 46.2 Å². The zero-order valence-corrected chi connectivity index (χ0v) is 13.6. The van der Waals surface area contributed by atoms with Gasteiger partial charge in [0.2, 0.25) is 5.91 Å². The largest absolute Gasteiger partial charge is 0.316 e. The van der Waals surface area contributed by atoms with Crippen molar-refractivity contribution in [2.45, 2.75) is 25.7 Å². The minimum Gasteiger partial charge on any atom is -0.316 e. The number of nitrogens with one attached hydrogen (secondary N) is 1. The maximum Gasteiger partial charge on any atom is 0.239 e. The zero-order valence-electron chi connectivity index (χ0n) is 12.0. The number of hydrogen-bond acceptors (Lipinski definition) is 3. The van der Waals surface area contributed by atoms with Gasteiger partial charge in [-0.25, -0.2) is 0 Å². The second-order valence-electron chi connectivity index (χ2n) is 5.29. The van der Waals surface area contributed by atoms with Gasteiger partial charge in [-0.2, -0.15) is 0 Å². The van der Waals surface area contributed by atoms with Crippen LogP contribution >= 0.6 is 22.9 Å². The molecule has 2 aromatic rings. The van der Waals surface area contributed by atoms with E-state index in [1.165, 1.54) is 16.2 Å². The molecule has 0 saturated heterocycles. The average Bonchev–Trinajstić information content (AvgIpc) is 2.92. The summed E-state index contributed by atoms with van der Waals surface area (Å²) in [6, 6.07) is 9.20. The number of alkyl halides is 1. The van der Waals surface area contributed by atoms with E-state index in [4.69, 9.17) is 11.6 Å². The first kappa shape index (κ1) is 15.3. The predicted molar refractivity (Wildman–Crippen MR) is 90.2 cm³/mol. The van der Waals surface area contributed by atoms with Crippen LogP contribution in [0, 0.1) is 0 Å². The predicted octanol–water partition coefficient (Wildman–Crippen LogP) is 4.04. The molecule has 0 fully saturated rings. The van der Waals surface area contributed by atoms with Gasteiger partial charge in [0.05, 0.1) is 5.56 Å². The van der Waals surface area contributed by atoms with Gasteiger partial charge in [-0.3, -0.25) is 9.59 Å². The van der Waals surface area contributed by atoms with E-state index < -0.39 is 0 Å². The van der Waals surface area contributed by atoms with Crippen LogP contribution in [0.25, 0.3) is 0 Å². The van der Waals surface area contributed by atoms with Crippen LogP contribution in [0.4, 0.5) is 5.00 Å². The van der Waals surface area contributed by atoms with Gasteiger partial charge in [-0.15, -0.1) is 22.9 Å². The Morgan fingerprint density at radius 3 is 2.59 bits per heavy atom. The number of fused-ring (bicyclic) bond motifs is 1. The molecular weight excluding hydrogens is 318 g/mol. The number of carbonyl (C=O) groups excluding carboxylic acids is 2. The molecule has 5 heteroatoms. The lowest BCUT2D eigenvalue weighted by molar-refractivity contribution is -0.113. The molecule has 0 aliphatic heterocycles. The summed E-state index contributed by atoms with van der Waals surface area (Å²) >= 11 is 7.10. The average molecular weight is 334 g/mol. The lowest BCUT2D eigenvalue weighted by atomic mass is 9.92. The maximum absolute atomic E-state index is 12.9.